The van der Waals surface area contributed by atoms with E-state index < -0.39 is 4.92 Å². The van der Waals surface area contributed by atoms with E-state index >= 15 is 0 Å². The van der Waals surface area contributed by atoms with Gasteiger partial charge in [0.25, 0.3) is 5.69 Å². The van der Waals surface area contributed by atoms with E-state index in [1.54, 1.807) is 37.4 Å². The number of hydrogen-bond acceptors (Lipinski definition) is 7. The highest BCUT2D eigenvalue weighted by atomic mass is 32.2. The van der Waals surface area contributed by atoms with E-state index in [0.29, 0.717) is 22.6 Å². The number of carbonyl (C=O) groups is 2. The predicted molar refractivity (Wildman–Crippen MR) is 102 cm³/mol. The lowest BCUT2D eigenvalue weighted by Crippen LogP contribution is -2.07. The maximum atomic E-state index is 11.9. The van der Waals surface area contributed by atoms with Gasteiger partial charge in [0.15, 0.2) is 5.78 Å². The number of nitro benzene ring substituents is 1. The number of benzene rings is 2. The first-order valence-corrected chi connectivity index (χ1v) is 9.20. The molecule has 0 amide bonds. The van der Waals surface area contributed by atoms with Crippen LogP contribution in [0.25, 0.3) is 0 Å². The highest BCUT2D eigenvalue weighted by molar-refractivity contribution is 7.99. The second kappa shape index (κ2) is 9.72. The zero-order valence-corrected chi connectivity index (χ0v) is 15.8. The lowest BCUT2D eigenvalue weighted by molar-refractivity contribution is -0.384. The minimum atomic E-state index is -0.484. The van der Waals surface area contributed by atoms with Crippen LogP contribution in [0.5, 0.6) is 5.75 Å². The Hall–Kier alpha value is -2.87. The number of rotatable bonds is 9. The minimum Gasteiger partial charge on any atom is -0.496 e. The van der Waals surface area contributed by atoms with E-state index in [2.05, 4.69) is 0 Å². The molecular formula is C19H19NO6S. The van der Waals surface area contributed by atoms with Crippen molar-refractivity contribution >= 4 is 29.2 Å². The van der Waals surface area contributed by atoms with Gasteiger partial charge in [-0.3, -0.25) is 19.7 Å². The summed E-state index contributed by atoms with van der Waals surface area (Å²) in [6.45, 7) is 1.55. The number of nitro groups is 1. The SMILES string of the molecule is COc1ccc(C(C)=O)cc1CSCC(=O)OCc1ccc([N+](=O)[O-])cc1. The van der Waals surface area contributed by atoms with Gasteiger partial charge in [0, 0.05) is 29.0 Å². The van der Waals surface area contributed by atoms with Crippen molar-refractivity contribution < 1.29 is 24.0 Å². The number of nitrogens with zero attached hydrogens (tertiary/aromatic N) is 1. The molecule has 142 valence electrons. The van der Waals surface area contributed by atoms with Gasteiger partial charge < -0.3 is 9.47 Å². The van der Waals surface area contributed by atoms with Crippen molar-refractivity contribution in [3.8, 4) is 5.75 Å². The largest absolute Gasteiger partial charge is 0.496 e. The first kappa shape index (κ1) is 20.4. The Morgan fingerprint density at radius 3 is 2.44 bits per heavy atom. The number of carbonyl (C=O) groups excluding carboxylic acids is 2. The molecule has 0 spiro atoms. The second-order valence-corrected chi connectivity index (χ2v) is 6.65. The van der Waals surface area contributed by atoms with Crippen LogP contribution in [0.2, 0.25) is 0 Å². The molecule has 0 saturated heterocycles. The Labute approximate surface area is 160 Å². The number of ether oxygens (including phenoxy) is 2. The molecule has 0 unspecified atom stereocenters. The summed E-state index contributed by atoms with van der Waals surface area (Å²) in [5, 5.41) is 10.6. The average Bonchev–Trinajstić information content (AvgIpc) is 2.66. The summed E-state index contributed by atoms with van der Waals surface area (Å²) in [6, 6.07) is 11.0. The molecule has 7 nitrogen and oxygen atoms in total. The van der Waals surface area contributed by atoms with Gasteiger partial charge in [-0.05, 0) is 42.8 Å². The molecule has 0 bridgehead atoms. The fraction of sp³-hybridized carbons (Fsp3) is 0.263. The summed E-state index contributed by atoms with van der Waals surface area (Å²) in [4.78, 5) is 33.5. The zero-order chi connectivity index (χ0) is 19.8. The molecule has 0 N–H and O–H groups in total. The maximum Gasteiger partial charge on any atom is 0.316 e. The summed E-state index contributed by atoms with van der Waals surface area (Å²) in [6.07, 6.45) is 0. The van der Waals surface area contributed by atoms with Gasteiger partial charge in [-0.2, -0.15) is 0 Å². The summed E-state index contributed by atoms with van der Waals surface area (Å²) in [5.74, 6) is 0.871. The van der Waals surface area contributed by atoms with Gasteiger partial charge >= 0.3 is 5.97 Å². The average molecular weight is 389 g/mol. The van der Waals surface area contributed by atoms with Crippen molar-refractivity contribution in [1.29, 1.82) is 0 Å². The first-order valence-electron chi connectivity index (χ1n) is 8.05. The molecule has 2 aromatic rings. The highest BCUT2D eigenvalue weighted by Gasteiger charge is 2.10. The molecule has 0 aliphatic carbocycles. The molecule has 0 fully saturated rings. The number of hydrogen-bond donors (Lipinski definition) is 0. The van der Waals surface area contributed by atoms with Crippen LogP contribution in [0.4, 0.5) is 5.69 Å². The Kier molecular flexibility index (Phi) is 7.36. The summed E-state index contributed by atoms with van der Waals surface area (Å²) in [7, 11) is 1.55. The number of non-ortho nitro benzene ring substituents is 1. The fourth-order valence-corrected chi connectivity index (χ4v) is 3.07. The normalized spacial score (nSPS) is 10.3. The van der Waals surface area contributed by atoms with Crippen LogP contribution < -0.4 is 4.74 Å². The van der Waals surface area contributed by atoms with Crippen LogP contribution in [0.15, 0.2) is 42.5 Å². The van der Waals surface area contributed by atoms with E-state index in [1.165, 1.54) is 30.8 Å². The molecule has 0 aliphatic heterocycles. The van der Waals surface area contributed by atoms with Crippen molar-refractivity contribution in [2.24, 2.45) is 0 Å². The molecular weight excluding hydrogens is 370 g/mol. The third-order valence-electron chi connectivity index (χ3n) is 3.71. The molecule has 0 atom stereocenters. The van der Waals surface area contributed by atoms with Crippen LogP contribution in [0.1, 0.15) is 28.4 Å². The van der Waals surface area contributed by atoms with E-state index in [-0.39, 0.29) is 29.8 Å². The van der Waals surface area contributed by atoms with Crippen LogP contribution in [0.3, 0.4) is 0 Å². The van der Waals surface area contributed by atoms with Gasteiger partial charge in [0.1, 0.15) is 12.4 Å². The Balaban J connectivity index is 1.83. The van der Waals surface area contributed by atoms with Gasteiger partial charge in [-0.25, -0.2) is 0 Å². The fourth-order valence-electron chi connectivity index (χ4n) is 2.27. The third-order valence-corrected chi connectivity index (χ3v) is 4.67. The van der Waals surface area contributed by atoms with E-state index in [1.807, 2.05) is 0 Å². The van der Waals surface area contributed by atoms with E-state index in [9.17, 15) is 19.7 Å². The molecule has 2 aromatic carbocycles. The molecule has 27 heavy (non-hydrogen) atoms. The minimum absolute atomic E-state index is 0.0117. The maximum absolute atomic E-state index is 11.9. The van der Waals surface area contributed by atoms with Crippen molar-refractivity contribution in [3.05, 3.63) is 69.3 Å². The summed E-state index contributed by atoms with van der Waals surface area (Å²) >= 11 is 1.35. The smallest absolute Gasteiger partial charge is 0.316 e. The summed E-state index contributed by atoms with van der Waals surface area (Å²) in [5.41, 5.74) is 2.09. The molecule has 8 heteroatoms. The third kappa shape index (κ3) is 6.10. The number of ketones is 1. The lowest BCUT2D eigenvalue weighted by Gasteiger charge is -2.10. The van der Waals surface area contributed by atoms with Crippen molar-refractivity contribution in [3.63, 3.8) is 0 Å². The predicted octanol–water partition coefficient (Wildman–Crippen LogP) is 3.78. The number of methoxy groups -OCH3 is 1. The monoisotopic (exact) mass is 389 g/mol. The van der Waals surface area contributed by atoms with Crippen LogP contribution >= 0.6 is 11.8 Å². The van der Waals surface area contributed by atoms with Crippen molar-refractivity contribution in [2.45, 2.75) is 19.3 Å². The molecule has 0 radical (unpaired) electrons. The molecule has 0 aromatic heterocycles. The second-order valence-electron chi connectivity index (χ2n) is 5.66. The molecule has 0 aliphatic rings. The van der Waals surface area contributed by atoms with Crippen LogP contribution in [0, 0.1) is 10.1 Å². The Morgan fingerprint density at radius 2 is 1.85 bits per heavy atom. The van der Waals surface area contributed by atoms with Crippen molar-refractivity contribution in [2.75, 3.05) is 12.9 Å². The quantitative estimate of drug-likeness (QED) is 0.279. The lowest BCUT2D eigenvalue weighted by atomic mass is 10.1. The highest BCUT2D eigenvalue weighted by Crippen LogP contribution is 2.25. The van der Waals surface area contributed by atoms with Gasteiger partial charge in [-0.15, -0.1) is 11.8 Å². The number of Topliss-reactive ketones (excluding diaryl/α,β-unsaturated/α-hetero) is 1. The van der Waals surface area contributed by atoms with Gasteiger partial charge in [-0.1, -0.05) is 0 Å². The van der Waals surface area contributed by atoms with E-state index in [0.717, 1.165) is 5.56 Å². The summed E-state index contributed by atoms with van der Waals surface area (Å²) < 4.78 is 10.5. The van der Waals surface area contributed by atoms with Crippen molar-refractivity contribution in [1.82, 2.24) is 0 Å². The zero-order valence-electron chi connectivity index (χ0n) is 15.0. The first-order chi connectivity index (χ1) is 12.9. The van der Waals surface area contributed by atoms with Gasteiger partial charge in [0.2, 0.25) is 0 Å². The molecule has 2 rings (SSSR count). The standard InChI is InChI=1S/C19H19NO6S/c1-13(21)15-5-8-18(25-2)16(9-15)11-27-12-19(22)26-10-14-3-6-17(7-4-14)20(23)24/h3-9H,10-12H2,1-2H3. The Bertz CT molecular complexity index is 835. The van der Waals surface area contributed by atoms with E-state index in [4.69, 9.17) is 9.47 Å². The molecule has 0 heterocycles. The Morgan fingerprint density at radius 1 is 1.15 bits per heavy atom. The topological polar surface area (TPSA) is 95.7 Å². The molecule has 0 saturated carbocycles. The number of esters is 1. The number of thioether (sulfide) groups is 1. The van der Waals surface area contributed by atoms with Crippen LogP contribution in [-0.4, -0.2) is 29.5 Å². The van der Waals surface area contributed by atoms with Gasteiger partial charge in [0.05, 0.1) is 17.8 Å². The van der Waals surface area contributed by atoms with Crippen LogP contribution in [-0.2, 0) is 21.9 Å².